The summed E-state index contributed by atoms with van der Waals surface area (Å²) in [5.74, 6) is 2.67. The van der Waals surface area contributed by atoms with Crippen LogP contribution in [-0.4, -0.2) is 189 Å². The number of likely N-dealkylation sites (N-methyl/N-ethyl adjacent to an activating group) is 1. The molecule has 0 unspecified atom stereocenters. The number of hydrogen-bond acceptors (Lipinski definition) is 19. The molecule has 4 aliphatic heterocycles. The number of nitrogens with one attached hydrogen (secondary N) is 1. The lowest BCUT2D eigenvalue weighted by Gasteiger charge is -2.28. The SMILES string of the molecule is Brc1cnc2nc(N3CCOCC3)n(Cc3ccccc3)c2c1.C1COCCN1.C=CC(=O)Cl.C=CC(=O)N(C)c1cnc2nc(N3CCOCC3)n(Cc3ccccc3)c2c1.CCc1cnc2nc(N3CCOCC3)n(Cc3ccccc3)c2c1.CN.Clc1nc2ncc(Br)cc2n1Cc1ccccc1. The summed E-state index contributed by atoms with van der Waals surface area (Å²) in [5, 5.41) is 3.11. The summed E-state index contributed by atoms with van der Waals surface area (Å²) in [7, 11) is 3.22. The number of morpholine rings is 4. The number of ether oxygens (including phenoxy) is 4. The number of carbonyl (C=O) groups is 2. The van der Waals surface area contributed by atoms with Crippen molar-refractivity contribution >= 4 is 134 Å². The molecule has 1 amide bonds. The van der Waals surface area contributed by atoms with Gasteiger partial charge in [0, 0.05) is 86.9 Å². The van der Waals surface area contributed by atoms with Gasteiger partial charge in [-0.05, 0) is 133 Å². The minimum absolute atomic E-state index is 0.177. The Labute approximate surface area is 644 Å². The fraction of sp³-hybridized carbons (Fsp3) is 0.308. The normalized spacial score (nSPS) is 14.1. The maximum Gasteiger partial charge on any atom is 0.250 e. The fourth-order valence-electron chi connectivity index (χ4n) is 11.8. The second-order valence-corrected chi connectivity index (χ2v) is 26.8. The molecule has 28 heteroatoms. The number of carbonyl (C=O) groups excluding carboxylic acids is 2. The van der Waals surface area contributed by atoms with Crippen molar-refractivity contribution in [1.29, 1.82) is 0 Å². The molecule has 3 N–H and O–H groups in total. The molecule has 4 aliphatic rings. The van der Waals surface area contributed by atoms with E-state index >= 15 is 0 Å². The number of imidazole rings is 4. The zero-order chi connectivity index (χ0) is 74.6. The minimum atomic E-state index is -0.509. The van der Waals surface area contributed by atoms with Crippen LogP contribution in [-0.2, 0) is 61.1 Å². The van der Waals surface area contributed by atoms with Crippen LogP contribution in [0.2, 0.25) is 5.28 Å². The van der Waals surface area contributed by atoms with Gasteiger partial charge in [0.15, 0.2) is 22.6 Å². The second-order valence-electron chi connectivity index (χ2n) is 24.2. The van der Waals surface area contributed by atoms with Gasteiger partial charge in [-0.3, -0.25) is 9.59 Å². The number of nitrogens with zero attached hydrogens (tertiary/aromatic N) is 16. The van der Waals surface area contributed by atoms with Gasteiger partial charge in [-0.25, -0.2) is 19.9 Å². The van der Waals surface area contributed by atoms with E-state index in [1.54, 1.807) is 25.6 Å². The highest BCUT2D eigenvalue weighted by Crippen LogP contribution is 2.30. The van der Waals surface area contributed by atoms with Crippen LogP contribution < -0.4 is 30.7 Å². The number of allylic oxidation sites excluding steroid dienone is 1. The van der Waals surface area contributed by atoms with E-state index in [0.29, 0.717) is 48.6 Å². The standard InChI is InChI=1S/C21H23N5O2.C19H22N4O.C17H17BrN4O.C13H9BrClN3.C4H9NO.C3H3ClO.CH5N/c1-3-19(27)24(2)17-13-18-20(22-14-17)23-21(25-9-11-28-12-10-25)26(18)15-16-7-5-4-6-8-16;1-2-15-12-17-18(20-13-15)21-19(22-8-10-24-11-9-22)23(17)14-16-6-4-3-5-7-16;18-14-10-15-16(19-11-14)20-17(21-6-8-23-9-7-21)22(15)12-13-4-2-1-3-5-13;14-10-6-11-12(16-7-10)17-13(15)18(11)8-9-4-2-1-3-5-9;1-3-6-4-2-5-1;1-2-3(4)5;1-2/h3-8,13-14H,1,9-12,15H2,2H3;3-7,12-13H,2,8-11,14H2,1H3;1-5,10-11H,6-9,12H2;1-7H,8H2;5H,1-4H2;2H,1H2;2H2,1H3. The predicted molar refractivity (Wildman–Crippen MR) is 430 cm³/mol. The molecule has 106 heavy (non-hydrogen) atoms. The Morgan fingerprint density at radius 2 is 0.811 bits per heavy atom. The smallest absolute Gasteiger partial charge is 0.250 e. The third-order valence-electron chi connectivity index (χ3n) is 17.2. The maximum atomic E-state index is 12.0. The Bertz CT molecular complexity index is 4750. The van der Waals surface area contributed by atoms with Crippen LogP contribution in [0.5, 0.6) is 0 Å². The summed E-state index contributed by atoms with van der Waals surface area (Å²) in [6, 6.07) is 49.6. The zero-order valence-corrected chi connectivity index (χ0v) is 64.5. The molecular formula is C78H88Br2Cl2N18O6. The van der Waals surface area contributed by atoms with E-state index in [-0.39, 0.29) is 5.91 Å². The van der Waals surface area contributed by atoms with Crippen LogP contribution >= 0.6 is 55.1 Å². The Balaban J connectivity index is 0.000000144. The quantitative estimate of drug-likeness (QED) is 0.0715. The van der Waals surface area contributed by atoms with Gasteiger partial charge in [0.1, 0.15) is 0 Å². The number of nitrogens with two attached hydrogens (primary N) is 1. The van der Waals surface area contributed by atoms with Gasteiger partial charge in [0.2, 0.25) is 34.3 Å². The number of fused-ring (bicyclic) bond motifs is 4. The van der Waals surface area contributed by atoms with Crippen LogP contribution in [0.1, 0.15) is 34.7 Å². The molecule has 0 spiro atoms. The Kier molecular flexibility index (Phi) is 30.6. The van der Waals surface area contributed by atoms with Crippen LogP contribution in [0, 0.1) is 0 Å². The third-order valence-corrected chi connectivity index (χ3v) is 18.5. The Morgan fingerprint density at radius 1 is 0.481 bits per heavy atom. The maximum absolute atomic E-state index is 12.0. The van der Waals surface area contributed by atoms with Crippen LogP contribution in [0.4, 0.5) is 23.5 Å². The Morgan fingerprint density at radius 3 is 1.16 bits per heavy atom. The lowest BCUT2D eigenvalue weighted by molar-refractivity contribution is -0.114. The number of aryl methyl sites for hydroxylation is 1. The molecular weight excluding hydrogens is 1520 g/mol. The number of benzene rings is 4. The first-order valence-electron chi connectivity index (χ1n) is 35.0. The summed E-state index contributed by atoms with van der Waals surface area (Å²) in [4.78, 5) is 66.3. The molecule has 24 nitrogen and oxygen atoms in total. The van der Waals surface area contributed by atoms with Crippen molar-refractivity contribution < 1.29 is 28.5 Å². The van der Waals surface area contributed by atoms with Crippen LogP contribution in [0.15, 0.2) is 205 Å². The summed E-state index contributed by atoms with van der Waals surface area (Å²) in [5.41, 5.74) is 18.2. The van der Waals surface area contributed by atoms with Crippen molar-refractivity contribution in [1.82, 2.24) is 63.5 Å². The lowest BCUT2D eigenvalue weighted by atomic mass is 10.2. The molecule has 4 saturated heterocycles. The molecule has 12 heterocycles. The molecule has 0 radical (unpaired) electrons. The first kappa shape index (κ1) is 79.2. The van der Waals surface area contributed by atoms with Gasteiger partial charge in [0.05, 0.1) is 113 Å². The van der Waals surface area contributed by atoms with E-state index < -0.39 is 5.24 Å². The van der Waals surface area contributed by atoms with Gasteiger partial charge in [0.25, 0.3) is 0 Å². The van der Waals surface area contributed by atoms with Crippen molar-refractivity contribution in [3.63, 3.8) is 0 Å². The van der Waals surface area contributed by atoms with Gasteiger partial charge >= 0.3 is 0 Å². The van der Waals surface area contributed by atoms with E-state index in [1.807, 2.05) is 65.4 Å². The highest BCUT2D eigenvalue weighted by Gasteiger charge is 2.25. The first-order valence-corrected chi connectivity index (χ1v) is 37.3. The molecule has 0 atom stereocenters. The molecule has 4 aromatic carbocycles. The molecule has 554 valence electrons. The lowest BCUT2D eigenvalue weighted by Crippen LogP contribution is -2.38. The van der Waals surface area contributed by atoms with Crippen molar-refractivity contribution in [2.24, 2.45) is 5.73 Å². The summed E-state index contributed by atoms with van der Waals surface area (Å²) in [6.07, 6.45) is 10.4. The number of hydrogen-bond donors (Lipinski definition) is 2. The third kappa shape index (κ3) is 21.9. The van der Waals surface area contributed by atoms with Gasteiger partial charge < -0.3 is 67.9 Å². The molecule has 4 fully saturated rings. The largest absolute Gasteiger partial charge is 0.379 e. The van der Waals surface area contributed by atoms with Crippen molar-refractivity contribution in [3.05, 3.63) is 238 Å². The molecule has 0 saturated carbocycles. The van der Waals surface area contributed by atoms with Gasteiger partial charge in [-0.1, -0.05) is 141 Å². The average Bonchev–Trinajstić information content (AvgIpc) is 1.65. The molecule has 16 rings (SSSR count). The highest BCUT2D eigenvalue weighted by atomic mass is 79.9. The van der Waals surface area contributed by atoms with E-state index in [0.717, 1.165) is 178 Å². The number of aromatic nitrogens is 12. The first-order chi connectivity index (χ1) is 51.8. The van der Waals surface area contributed by atoms with Crippen molar-refractivity contribution in [3.8, 4) is 0 Å². The van der Waals surface area contributed by atoms with Gasteiger partial charge in [-0.15, -0.1) is 0 Å². The monoisotopic (exact) mass is 1600 g/mol. The summed E-state index contributed by atoms with van der Waals surface area (Å²) < 4.78 is 32.0. The Hall–Kier alpha value is -9.32. The van der Waals surface area contributed by atoms with E-state index in [2.05, 4.69) is 207 Å². The van der Waals surface area contributed by atoms with Crippen molar-refractivity contribution in [2.75, 3.05) is 139 Å². The number of rotatable bonds is 15. The topological polar surface area (TPSA) is 245 Å². The number of pyridine rings is 4. The summed E-state index contributed by atoms with van der Waals surface area (Å²) >= 11 is 17.8. The van der Waals surface area contributed by atoms with Crippen LogP contribution in [0.3, 0.4) is 0 Å². The molecule has 8 aromatic heterocycles. The van der Waals surface area contributed by atoms with E-state index in [4.69, 9.17) is 57.1 Å². The summed E-state index contributed by atoms with van der Waals surface area (Å²) in [6.45, 7) is 25.0. The van der Waals surface area contributed by atoms with E-state index in [9.17, 15) is 9.59 Å². The molecule has 12 aromatic rings. The molecule has 0 aliphatic carbocycles. The number of amides is 1. The van der Waals surface area contributed by atoms with Gasteiger partial charge in [-0.2, -0.15) is 19.9 Å². The molecule has 0 bridgehead atoms. The minimum Gasteiger partial charge on any atom is -0.379 e. The zero-order valence-electron chi connectivity index (χ0n) is 59.8. The highest BCUT2D eigenvalue weighted by molar-refractivity contribution is 9.10. The predicted octanol–water partition coefficient (Wildman–Crippen LogP) is 12.4. The van der Waals surface area contributed by atoms with Crippen LogP contribution in [0.25, 0.3) is 44.7 Å². The second kappa shape index (κ2) is 41.0. The average molecular weight is 1600 g/mol. The number of halogens is 4. The number of anilines is 4. The van der Waals surface area contributed by atoms with E-state index in [1.165, 1.54) is 45.8 Å². The van der Waals surface area contributed by atoms with Crippen molar-refractivity contribution in [2.45, 2.75) is 39.5 Å². The fourth-order valence-corrected chi connectivity index (χ4v) is 12.7.